The van der Waals surface area contributed by atoms with Crippen LogP contribution in [-0.4, -0.2) is 30.8 Å². The first-order chi connectivity index (χ1) is 13.2. The smallest absolute Gasteiger partial charge is 0.182 e. The molecular formula is C21H21N3O2S. The molecule has 5 nitrogen and oxygen atoms in total. The number of hydrogen-bond donors (Lipinski definition) is 1. The molecule has 2 aromatic heterocycles. The Bertz CT molecular complexity index is 1070. The van der Waals surface area contributed by atoms with Gasteiger partial charge in [0.25, 0.3) is 0 Å². The van der Waals surface area contributed by atoms with Crippen molar-refractivity contribution in [1.29, 1.82) is 0 Å². The van der Waals surface area contributed by atoms with Crippen molar-refractivity contribution in [2.45, 2.75) is 6.54 Å². The zero-order valence-corrected chi connectivity index (χ0v) is 16.3. The first kappa shape index (κ1) is 17.4. The zero-order chi connectivity index (χ0) is 18.8. The fourth-order valence-electron chi connectivity index (χ4n) is 3.26. The van der Waals surface area contributed by atoms with Gasteiger partial charge < -0.3 is 19.4 Å². The van der Waals surface area contributed by atoms with Gasteiger partial charge in [0, 0.05) is 42.9 Å². The summed E-state index contributed by atoms with van der Waals surface area (Å²) in [4.78, 5) is 4.69. The van der Waals surface area contributed by atoms with E-state index in [1.54, 1.807) is 25.6 Å². The van der Waals surface area contributed by atoms with Crippen molar-refractivity contribution in [3.05, 3.63) is 59.6 Å². The van der Waals surface area contributed by atoms with Crippen LogP contribution in [0.2, 0.25) is 0 Å². The van der Waals surface area contributed by atoms with Crippen molar-refractivity contribution in [1.82, 2.24) is 9.55 Å². The molecule has 0 fully saturated rings. The summed E-state index contributed by atoms with van der Waals surface area (Å²) in [5, 5.41) is 7.11. The molecule has 0 saturated carbocycles. The largest absolute Gasteiger partial charge is 0.497 e. The molecule has 27 heavy (non-hydrogen) atoms. The van der Waals surface area contributed by atoms with Gasteiger partial charge in [0.2, 0.25) is 0 Å². The maximum atomic E-state index is 5.70. The monoisotopic (exact) mass is 379 g/mol. The first-order valence-electron chi connectivity index (χ1n) is 8.66. The van der Waals surface area contributed by atoms with Gasteiger partial charge in [0.1, 0.15) is 11.5 Å². The fourth-order valence-corrected chi connectivity index (χ4v) is 3.93. The van der Waals surface area contributed by atoms with E-state index >= 15 is 0 Å². The number of nitrogens with one attached hydrogen (secondary N) is 1. The van der Waals surface area contributed by atoms with E-state index in [9.17, 15) is 0 Å². The van der Waals surface area contributed by atoms with Crippen molar-refractivity contribution in [3.8, 4) is 22.8 Å². The Balaban J connectivity index is 1.94. The van der Waals surface area contributed by atoms with Crippen molar-refractivity contribution in [3.63, 3.8) is 0 Å². The number of nitrogens with zero attached hydrogens (tertiary/aromatic N) is 2. The molecule has 1 N–H and O–H groups in total. The van der Waals surface area contributed by atoms with E-state index in [0.29, 0.717) is 0 Å². The van der Waals surface area contributed by atoms with Crippen molar-refractivity contribution in [2.24, 2.45) is 0 Å². The summed E-state index contributed by atoms with van der Waals surface area (Å²) in [7, 11) is 5.24. The predicted molar refractivity (Wildman–Crippen MR) is 111 cm³/mol. The van der Waals surface area contributed by atoms with Crippen LogP contribution in [0.25, 0.3) is 22.2 Å². The summed E-state index contributed by atoms with van der Waals surface area (Å²) in [6.07, 6.45) is 2.15. The standard InChI is InChI=1S/C21H21N3O2S/c1-22-21-23-17(13-27-21)16-12-24(11-14-7-5-4-6-8-14)18-9-15(25-2)10-19(26-3)20(16)18/h4-10,12-13H,11H2,1-3H3,(H,22,23). The zero-order valence-electron chi connectivity index (χ0n) is 15.5. The first-order valence-corrected chi connectivity index (χ1v) is 9.54. The number of fused-ring (bicyclic) bond motifs is 1. The Hall–Kier alpha value is -2.99. The molecule has 0 atom stereocenters. The van der Waals surface area contributed by atoms with Crippen LogP contribution < -0.4 is 14.8 Å². The Morgan fingerprint density at radius 3 is 2.59 bits per heavy atom. The number of methoxy groups -OCH3 is 2. The van der Waals surface area contributed by atoms with E-state index in [0.717, 1.165) is 45.3 Å². The topological polar surface area (TPSA) is 48.3 Å². The molecule has 2 heterocycles. The van der Waals surface area contributed by atoms with E-state index in [4.69, 9.17) is 14.5 Å². The fraction of sp³-hybridized carbons (Fsp3) is 0.190. The lowest BCUT2D eigenvalue weighted by molar-refractivity contribution is 0.398. The van der Waals surface area contributed by atoms with Crippen LogP contribution in [0, 0.1) is 0 Å². The summed E-state index contributed by atoms with van der Waals surface area (Å²) in [6.45, 7) is 0.761. The highest BCUT2D eigenvalue weighted by molar-refractivity contribution is 7.14. The molecule has 6 heteroatoms. The van der Waals surface area contributed by atoms with Gasteiger partial charge in [0.05, 0.1) is 30.8 Å². The normalized spacial score (nSPS) is 10.9. The average Bonchev–Trinajstić information content (AvgIpc) is 3.33. The van der Waals surface area contributed by atoms with Gasteiger partial charge in [-0.1, -0.05) is 30.3 Å². The van der Waals surface area contributed by atoms with Gasteiger partial charge >= 0.3 is 0 Å². The summed E-state index contributed by atoms with van der Waals surface area (Å²) >= 11 is 1.59. The maximum absolute atomic E-state index is 5.70. The predicted octanol–water partition coefficient (Wildman–Crippen LogP) is 4.87. The lowest BCUT2D eigenvalue weighted by Crippen LogP contribution is -1.98. The highest BCUT2D eigenvalue weighted by Gasteiger charge is 2.18. The summed E-state index contributed by atoms with van der Waals surface area (Å²) < 4.78 is 13.4. The second-order valence-electron chi connectivity index (χ2n) is 6.17. The van der Waals surface area contributed by atoms with E-state index in [2.05, 4.69) is 51.8 Å². The molecule has 0 radical (unpaired) electrons. The Morgan fingerprint density at radius 2 is 1.93 bits per heavy atom. The molecule has 138 valence electrons. The molecule has 0 unspecified atom stereocenters. The van der Waals surface area contributed by atoms with Crippen molar-refractivity contribution >= 4 is 27.4 Å². The van der Waals surface area contributed by atoms with E-state index < -0.39 is 0 Å². The summed E-state index contributed by atoms with van der Waals surface area (Å²) in [5.41, 5.74) is 4.28. The number of hydrogen-bond acceptors (Lipinski definition) is 5. The molecular weight excluding hydrogens is 358 g/mol. The molecule has 0 aliphatic carbocycles. The maximum Gasteiger partial charge on any atom is 0.182 e. The van der Waals surface area contributed by atoms with Crippen LogP contribution in [0.4, 0.5) is 5.13 Å². The van der Waals surface area contributed by atoms with Gasteiger partial charge in [-0.05, 0) is 5.56 Å². The number of anilines is 1. The number of benzene rings is 2. The third-order valence-electron chi connectivity index (χ3n) is 4.56. The minimum Gasteiger partial charge on any atom is -0.497 e. The van der Waals surface area contributed by atoms with Gasteiger partial charge in [-0.2, -0.15) is 0 Å². The van der Waals surface area contributed by atoms with E-state index in [-0.39, 0.29) is 0 Å². The highest BCUT2D eigenvalue weighted by Crippen LogP contribution is 2.40. The Labute approximate surface area is 162 Å². The summed E-state index contributed by atoms with van der Waals surface area (Å²) in [6, 6.07) is 14.4. The van der Waals surface area contributed by atoms with Gasteiger partial charge in [0.15, 0.2) is 5.13 Å². The van der Waals surface area contributed by atoms with Crippen molar-refractivity contribution in [2.75, 3.05) is 26.6 Å². The lowest BCUT2D eigenvalue weighted by Gasteiger charge is -2.10. The molecule has 2 aromatic carbocycles. The van der Waals surface area contributed by atoms with Gasteiger partial charge in [-0.25, -0.2) is 4.98 Å². The lowest BCUT2D eigenvalue weighted by atomic mass is 10.1. The average molecular weight is 379 g/mol. The molecule has 4 aromatic rings. The number of ether oxygens (including phenoxy) is 2. The molecule has 0 saturated heterocycles. The highest BCUT2D eigenvalue weighted by atomic mass is 32.1. The number of aromatic nitrogens is 2. The second kappa shape index (κ2) is 7.32. The minimum atomic E-state index is 0.761. The minimum absolute atomic E-state index is 0.761. The quantitative estimate of drug-likeness (QED) is 0.519. The molecule has 4 rings (SSSR count). The number of rotatable bonds is 6. The Morgan fingerprint density at radius 1 is 1.11 bits per heavy atom. The van der Waals surface area contributed by atoms with E-state index in [1.807, 2.05) is 19.2 Å². The molecule has 0 aliphatic heterocycles. The van der Waals surface area contributed by atoms with Crippen LogP contribution in [0.15, 0.2) is 54.0 Å². The van der Waals surface area contributed by atoms with Gasteiger partial charge in [-0.3, -0.25) is 0 Å². The van der Waals surface area contributed by atoms with E-state index in [1.165, 1.54) is 5.56 Å². The molecule has 0 bridgehead atoms. The van der Waals surface area contributed by atoms with Crippen molar-refractivity contribution < 1.29 is 9.47 Å². The number of thiazole rings is 1. The van der Waals surface area contributed by atoms with Crippen LogP contribution >= 0.6 is 11.3 Å². The Kier molecular flexibility index (Phi) is 4.73. The summed E-state index contributed by atoms with van der Waals surface area (Å²) in [5.74, 6) is 1.55. The van der Waals surface area contributed by atoms with Crippen LogP contribution in [-0.2, 0) is 6.54 Å². The van der Waals surface area contributed by atoms with Crippen LogP contribution in [0.1, 0.15) is 5.56 Å². The van der Waals surface area contributed by atoms with Crippen LogP contribution in [0.5, 0.6) is 11.5 Å². The molecule has 0 amide bonds. The third kappa shape index (κ3) is 3.24. The molecule has 0 spiro atoms. The SMILES string of the molecule is CNc1nc(-c2cn(Cc3ccccc3)c3cc(OC)cc(OC)c23)cs1. The third-order valence-corrected chi connectivity index (χ3v) is 5.42. The van der Waals surface area contributed by atoms with Gasteiger partial charge in [-0.15, -0.1) is 11.3 Å². The molecule has 0 aliphatic rings. The second-order valence-corrected chi connectivity index (χ2v) is 7.03. The van der Waals surface area contributed by atoms with Crippen LogP contribution in [0.3, 0.4) is 0 Å².